The molecule has 0 bridgehead atoms. The van der Waals surface area contributed by atoms with Gasteiger partial charge in [-0.25, -0.2) is 9.97 Å². The smallest absolute Gasteiger partial charge is 0.301 e. The molecular formula is C31H32N4O6S. The number of Topliss-reactive ketones (excluding diaryl/α,β-unsaturated/α-hetero) is 2. The number of hydrogen-bond acceptors (Lipinski definition) is 9. The lowest BCUT2D eigenvalue weighted by atomic mass is 9.96. The first-order valence-electron chi connectivity index (χ1n) is 13.8. The number of unbranched alkanes of at least 4 members (excludes halogenated alkanes) is 1. The normalized spacial score (nSPS) is 16.4. The molecular weight excluding hydrogens is 556 g/mol. The number of ketones is 2. The number of anilines is 1. The highest BCUT2D eigenvalue weighted by atomic mass is 32.1. The van der Waals surface area contributed by atoms with Gasteiger partial charge in [0.1, 0.15) is 11.3 Å². The van der Waals surface area contributed by atoms with E-state index in [9.17, 15) is 19.5 Å². The van der Waals surface area contributed by atoms with Gasteiger partial charge in [0, 0.05) is 13.1 Å². The van der Waals surface area contributed by atoms with E-state index >= 15 is 0 Å². The van der Waals surface area contributed by atoms with Gasteiger partial charge < -0.3 is 14.6 Å². The van der Waals surface area contributed by atoms with Crippen molar-refractivity contribution in [3.63, 3.8) is 0 Å². The molecule has 42 heavy (non-hydrogen) atoms. The Labute approximate surface area is 247 Å². The topological polar surface area (TPSA) is 123 Å². The summed E-state index contributed by atoms with van der Waals surface area (Å²) in [6, 6.07) is 9.53. The SMILES string of the molecule is CCCCOc1ccc(C2/C(=C(\O)c3c(C)nc4ccccn34)C(=O)C(=O)N2c2nc(C)c(C(C)=O)s2)cc1OCC. The number of aryl methyl sites for hydroxylation is 2. The van der Waals surface area contributed by atoms with E-state index in [1.165, 1.54) is 11.8 Å². The molecule has 3 aromatic heterocycles. The molecule has 0 aliphatic carbocycles. The van der Waals surface area contributed by atoms with Crippen molar-refractivity contribution in [3.8, 4) is 11.5 Å². The summed E-state index contributed by atoms with van der Waals surface area (Å²) in [5.74, 6) is -1.31. The Morgan fingerprint density at radius 2 is 1.83 bits per heavy atom. The molecule has 4 heterocycles. The highest BCUT2D eigenvalue weighted by molar-refractivity contribution is 7.18. The Morgan fingerprint density at radius 1 is 1.05 bits per heavy atom. The Morgan fingerprint density at radius 3 is 2.52 bits per heavy atom. The second-order valence-electron chi connectivity index (χ2n) is 9.95. The minimum Gasteiger partial charge on any atom is -0.505 e. The molecule has 5 rings (SSSR count). The van der Waals surface area contributed by atoms with Crippen molar-refractivity contribution in [2.45, 2.75) is 53.5 Å². The summed E-state index contributed by atoms with van der Waals surface area (Å²) in [6.45, 7) is 9.63. The number of hydrogen-bond donors (Lipinski definition) is 1. The van der Waals surface area contributed by atoms with Gasteiger partial charge in [0.2, 0.25) is 0 Å². The minimum absolute atomic E-state index is 0.118. The number of aliphatic hydroxyl groups excluding tert-OH is 1. The number of rotatable bonds is 10. The summed E-state index contributed by atoms with van der Waals surface area (Å²) in [5.41, 5.74) is 2.21. The maximum Gasteiger partial charge on any atom is 0.301 e. The number of pyridine rings is 1. The van der Waals surface area contributed by atoms with Crippen LogP contribution >= 0.6 is 11.3 Å². The van der Waals surface area contributed by atoms with Crippen LogP contribution in [-0.4, -0.2) is 50.2 Å². The van der Waals surface area contributed by atoms with E-state index in [2.05, 4.69) is 16.9 Å². The molecule has 0 spiro atoms. The van der Waals surface area contributed by atoms with E-state index in [-0.39, 0.29) is 22.2 Å². The summed E-state index contributed by atoms with van der Waals surface area (Å²) < 4.78 is 13.5. The van der Waals surface area contributed by atoms with Crippen LogP contribution in [0.1, 0.15) is 72.0 Å². The van der Waals surface area contributed by atoms with Gasteiger partial charge in [-0.15, -0.1) is 0 Å². The molecule has 1 unspecified atom stereocenters. The van der Waals surface area contributed by atoms with Gasteiger partial charge in [-0.2, -0.15) is 0 Å². The summed E-state index contributed by atoms with van der Waals surface area (Å²) in [7, 11) is 0. The summed E-state index contributed by atoms with van der Waals surface area (Å²) >= 11 is 1.03. The van der Waals surface area contributed by atoms with Gasteiger partial charge in [-0.05, 0) is 57.0 Å². The summed E-state index contributed by atoms with van der Waals surface area (Å²) in [4.78, 5) is 50.4. The zero-order valence-electron chi connectivity index (χ0n) is 24.1. The van der Waals surface area contributed by atoms with Crippen molar-refractivity contribution in [3.05, 3.63) is 75.7 Å². The van der Waals surface area contributed by atoms with Crippen molar-refractivity contribution < 1.29 is 29.0 Å². The zero-order valence-corrected chi connectivity index (χ0v) is 24.9. The molecule has 1 aliphatic rings. The quantitative estimate of drug-likeness (QED) is 0.0809. The summed E-state index contributed by atoms with van der Waals surface area (Å²) in [5, 5.41) is 12.0. The number of amides is 1. The van der Waals surface area contributed by atoms with Crippen LogP contribution in [0.4, 0.5) is 5.13 Å². The molecule has 1 atom stereocenters. The fourth-order valence-electron chi connectivity index (χ4n) is 5.09. The van der Waals surface area contributed by atoms with E-state index in [1.54, 1.807) is 54.8 Å². The number of carbonyl (C=O) groups excluding carboxylic acids is 3. The van der Waals surface area contributed by atoms with Crippen LogP contribution in [0.15, 0.2) is 48.2 Å². The van der Waals surface area contributed by atoms with Crippen LogP contribution in [-0.2, 0) is 9.59 Å². The Balaban J connectivity index is 1.74. The van der Waals surface area contributed by atoms with Gasteiger partial charge in [0.05, 0.1) is 41.1 Å². The minimum atomic E-state index is -1.06. The lowest BCUT2D eigenvalue weighted by Gasteiger charge is -2.24. The maximum absolute atomic E-state index is 13.7. The molecule has 1 fully saturated rings. The lowest BCUT2D eigenvalue weighted by molar-refractivity contribution is -0.132. The molecule has 11 heteroatoms. The molecule has 1 N–H and O–H groups in total. The maximum atomic E-state index is 13.7. The lowest BCUT2D eigenvalue weighted by Crippen LogP contribution is -2.29. The molecule has 0 radical (unpaired) electrons. The average molecular weight is 589 g/mol. The largest absolute Gasteiger partial charge is 0.505 e. The van der Waals surface area contributed by atoms with Gasteiger partial charge in [-0.1, -0.05) is 36.8 Å². The predicted octanol–water partition coefficient (Wildman–Crippen LogP) is 5.81. The van der Waals surface area contributed by atoms with Crippen LogP contribution in [0.25, 0.3) is 11.4 Å². The number of nitrogens with zero attached hydrogens (tertiary/aromatic N) is 4. The number of imidazole rings is 1. The third-order valence-electron chi connectivity index (χ3n) is 7.02. The van der Waals surface area contributed by atoms with Gasteiger partial charge in [0.25, 0.3) is 5.78 Å². The van der Waals surface area contributed by atoms with E-state index in [0.717, 1.165) is 24.2 Å². The first kappa shape index (κ1) is 29.0. The first-order chi connectivity index (χ1) is 20.2. The van der Waals surface area contributed by atoms with Gasteiger partial charge in [0.15, 0.2) is 28.2 Å². The fourth-order valence-corrected chi connectivity index (χ4v) is 6.08. The van der Waals surface area contributed by atoms with Crippen molar-refractivity contribution in [2.75, 3.05) is 18.1 Å². The molecule has 0 saturated carbocycles. The highest BCUT2D eigenvalue weighted by Crippen LogP contribution is 2.46. The molecule has 1 saturated heterocycles. The van der Waals surface area contributed by atoms with Crippen molar-refractivity contribution in [1.82, 2.24) is 14.4 Å². The number of benzene rings is 1. The monoisotopic (exact) mass is 588 g/mol. The van der Waals surface area contributed by atoms with E-state index in [4.69, 9.17) is 9.47 Å². The first-order valence-corrected chi connectivity index (χ1v) is 14.6. The number of ether oxygens (including phenoxy) is 2. The van der Waals surface area contributed by atoms with Crippen molar-refractivity contribution >= 4 is 45.3 Å². The summed E-state index contributed by atoms with van der Waals surface area (Å²) in [6.07, 6.45) is 3.57. The molecule has 218 valence electrons. The number of fused-ring (bicyclic) bond motifs is 1. The number of aliphatic hydroxyl groups is 1. The Bertz CT molecular complexity index is 1740. The molecule has 1 aromatic carbocycles. The van der Waals surface area contributed by atoms with Crippen LogP contribution in [0.2, 0.25) is 0 Å². The van der Waals surface area contributed by atoms with Crippen LogP contribution in [0.5, 0.6) is 11.5 Å². The van der Waals surface area contributed by atoms with Crippen molar-refractivity contribution in [1.29, 1.82) is 0 Å². The van der Waals surface area contributed by atoms with E-state index < -0.39 is 17.7 Å². The van der Waals surface area contributed by atoms with Crippen LogP contribution in [0, 0.1) is 13.8 Å². The standard InChI is InChI=1S/C31H32N4O6S/c1-6-8-15-41-21-13-12-20(16-22(21)40-7-2)26-24(27(37)25-17(3)32-23-11-9-10-14-34(23)25)28(38)30(39)35(26)31-33-18(4)29(42-31)19(5)36/h9-14,16,26,37H,6-8,15H2,1-5H3/b27-24+. The van der Waals surface area contributed by atoms with Crippen LogP contribution in [0.3, 0.4) is 0 Å². The van der Waals surface area contributed by atoms with Gasteiger partial charge in [-0.3, -0.25) is 23.7 Å². The van der Waals surface area contributed by atoms with E-state index in [0.29, 0.717) is 57.9 Å². The number of thiazole rings is 1. The van der Waals surface area contributed by atoms with Crippen LogP contribution < -0.4 is 14.4 Å². The molecule has 10 nitrogen and oxygen atoms in total. The van der Waals surface area contributed by atoms with Gasteiger partial charge >= 0.3 is 5.91 Å². The Hall–Kier alpha value is -4.51. The zero-order chi connectivity index (χ0) is 30.1. The van der Waals surface area contributed by atoms with E-state index in [1.807, 2.05) is 13.0 Å². The second kappa shape index (κ2) is 11.8. The molecule has 4 aromatic rings. The second-order valence-corrected chi connectivity index (χ2v) is 10.9. The fraction of sp³-hybridized carbons (Fsp3) is 0.323. The third-order valence-corrected chi connectivity index (χ3v) is 8.28. The number of carbonyl (C=O) groups is 3. The predicted molar refractivity (Wildman–Crippen MR) is 160 cm³/mol. The van der Waals surface area contributed by atoms with Crippen molar-refractivity contribution in [2.24, 2.45) is 0 Å². The number of aromatic nitrogens is 3. The Kier molecular flexibility index (Phi) is 8.13. The molecule has 1 aliphatic heterocycles. The molecule has 1 amide bonds. The average Bonchev–Trinajstić information content (AvgIpc) is 3.59. The third kappa shape index (κ3) is 5.04. The highest BCUT2D eigenvalue weighted by Gasteiger charge is 2.49.